The van der Waals surface area contributed by atoms with Gasteiger partial charge in [0, 0.05) is 0 Å². The Morgan fingerprint density at radius 1 is 0.321 bits per heavy atom. The maximum atomic E-state index is 9.44. The highest BCUT2D eigenvalue weighted by Crippen LogP contribution is 1.80. The Morgan fingerprint density at radius 3 is 0.393 bits per heavy atom. The molecule has 0 saturated heterocycles. The van der Waals surface area contributed by atoms with Crippen LogP contribution in [0.4, 0.5) is 0 Å². The van der Waals surface area contributed by atoms with Crippen LogP contribution in [0.15, 0.2) is 72.8 Å². The largest absolute Gasteiger partial charge is 0.300 e. The number of benzene rings is 2. The first kappa shape index (κ1) is 40.5. The zero-order chi connectivity index (χ0) is 23.6. The minimum atomic E-state index is 0.167. The van der Waals surface area contributed by atoms with E-state index < -0.39 is 0 Å². The van der Waals surface area contributed by atoms with E-state index in [1.165, 1.54) is 27.7 Å². The standard InChI is InChI=1S/2C6H6.2C3H6O.4C2H6/c2*1-2-4-6-5-3-1;2*1-3(2)4;4*1-2/h2*1-6H;2*1-2H3;4*1-2H3. The van der Waals surface area contributed by atoms with Crippen LogP contribution in [0, 0.1) is 0 Å². The van der Waals surface area contributed by atoms with E-state index in [0.29, 0.717) is 0 Å². The maximum Gasteiger partial charge on any atom is 0.126 e. The minimum Gasteiger partial charge on any atom is -0.300 e. The Bertz CT molecular complexity index is 318. The van der Waals surface area contributed by atoms with Gasteiger partial charge in [0.2, 0.25) is 0 Å². The average molecular weight is 393 g/mol. The fourth-order valence-electron chi connectivity index (χ4n) is 0.770. The Kier molecular flexibility index (Phi) is 81.3. The molecule has 0 heterocycles. The molecule has 0 saturated carbocycles. The number of carbonyl (C=O) groups is 2. The molecule has 0 aromatic heterocycles. The van der Waals surface area contributed by atoms with Crippen molar-refractivity contribution in [1.29, 1.82) is 0 Å². The third-order valence-electron chi connectivity index (χ3n) is 1.33. The smallest absolute Gasteiger partial charge is 0.126 e. The molecule has 0 aliphatic rings. The molecule has 2 heteroatoms. The van der Waals surface area contributed by atoms with Gasteiger partial charge in [0.1, 0.15) is 11.6 Å². The summed E-state index contributed by atoms with van der Waals surface area (Å²) in [6.07, 6.45) is 0. The number of ketones is 2. The average Bonchev–Trinajstić information content (AvgIpc) is 2.76. The van der Waals surface area contributed by atoms with E-state index >= 15 is 0 Å². The van der Waals surface area contributed by atoms with Crippen LogP contribution in [0.3, 0.4) is 0 Å². The van der Waals surface area contributed by atoms with Gasteiger partial charge in [-0.25, -0.2) is 0 Å². The quantitative estimate of drug-likeness (QED) is 0.449. The topological polar surface area (TPSA) is 34.1 Å². The number of carbonyl (C=O) groups excluding carboxylic acids is 2. The van der Waals surface area contributed by atoms with E-state index in [-0.39, 0.29) is 11.6 Å². The van der Waals surface area contributed by atoms with Crippen LogP contribution in [-0.2, 0) is 9.59 Å². The zero-order valence-electron chi connectivity index (χ0n) is 20.7. The Hall–Kier alpha value is -2.22. The molecule has 0 aliphatic heterocycles. The summed E-state index contributed by atoms with van der Waals surface area (Å²) >= 11 is 0. The van der Waals surface area contributed by atoms with Crippen molar-refractivity contribution in [2.24, 2.45) is 0 Å². The summed E-state index contributed by atoms with van der Waals surface area (Å²) in [7, 11) is 0. The van der Waals surface area contributed by atoms with E-state index in [1.54, 1.807) is 0 Å². The fourth-order valence-corrected chi connectivity index (χ4v) is 0.770. The summed E-state index contributed by atoms with van der Waals surface area (Å²) in [6, 6.07) is 24.0. The van der Waals surface area contributed by atoms with Crippen LogP contribution >= 0.6 is 0 Å². The Morgan fingerprint density at radius 2 is 0.357 bits per heavy atom. The molecule has 164 valence electrons. The van der Waals surface area contributed by atoms with Gasteiger partial charge < -0.3 is 9.59 Å². The van der Waals surface area contributed by atoms with Crippen LogP contribution in [0.25, 0.3) is 0 Å². The molecule has 2 aromatic carbocycles. The van der Waals surface area contributed by atoms with Gasteiger partial charge in [-0.2, -0.15) is 0 Å². The van der Waals surface area contributed by atoms with Crippen LogP contribution in [0.1, 0.15) is 83.1 Å². The lowest BCUT2D eigenvalue weighted by molar-refractivity contribution is -0.115. The normalized spacial score (nSPS) is 6.14. The minimum absolute atomic E-state index is 0.167. The van der Waals surface area contributed by atoms with Crippen molar-refractivity contribution >= 4 is 11.6 Å². The number of Topliss-reactive ketones (excluding diaryl/α,β-unsaturated/α-hetero) is 2. The molecule has 0 radical (unpaired) electrons. The van der Waals surface area contributed by atoms with Crippen LogP contribution in [-0.4, -0.2) is 11.6 Å². The van der Waals surface area contributed by atoms with E-state index in [1.807, 2.05) is 128 Å². The van der Waals surface area contributed by atoms with Crippen molar-refractivity contribution in [3.05, 3.63) is 72.8 Å². The highest BCUT2D eigenvalue weighted by molar-refractivity contribution is 5.72. The maximum absolute atomic E-state index is 9.44. The van der Waals surface area contributed by atoms with Crippen LogP contribution in [0.2, 0.25) is 0 Å². The molecule has 0 atom stereocenters. The SMILES string of the molecule is CC.CC.CC.CC.CC(C)=O.CC(C)=O.c1ccccc1.c1ccccc1. The summed E-state index contributed by atoms with van der Waals surface area (Å²) in [5.41, 5.74) is 0. The zero-order valence-corrected chi connectivity index (χ0v) is 20.7. The fraction of sp³-hybridized carbons (Fsp3) is 0.462. The summed E-state index contributed by atoms with van der Waals surface area (Å²) in [6.45, 7) is 22.1. The Balaban J connectivity index is -0.0000000522. The summed E-state index contributed by atoms with van der Waals surface area (Å²) < 4.78 is 0. The highest BCUT2D eigenvalue weighted by atomic mass is 16.1. The van der Waals surface area contributed by atoms with Gasteiger partial charge in [-0.1, -0.05) is 128 Å². The molecular weight excluding hydrogens is 344 g/mol. The van der Waals surface area contributed by atoms with E-state index in [2.05, 4.69) is 0 Å². The summed E-state index contributed by atoms with van der Waals surface area (Å²) in [5, 5.41) is 0. The predicted molar refractivity (Wildman–Crippen MR) is 131 cm³/mol. The monoisotopic (exact) mass is 392 g/mol. The lowest BCUT2D eigenvalue weighted by Crippen LogP contribution is -1.69. The second-order valence-corrected chi connectivity index (χ2v) is 4.13. The van der Waals surface area contributed by atoms with Crippen LogP contribution < -0.4 is 0 Å². The summed E-state index contributed by atoms with van der Waals surface area (Å²) in [5.74, 6) is 0.333. The van der Waals surface area contributed by atoms with Crippen LogP contribution in [0.5, 0.6) is 0 Å². The van der Waals surface area contributed by atoms with Gasteiger partial charge in [-0.3, -0.25) is 0 Å². The van der Waals surface area contributed by atoms with Crippen molar-refractivity contribution in [3.63, 3.8) is 0 Å². The first-order valence-electron chi connectivity index (χ1n) is 10.4. The van der Waals surface area contributed by atoms with Crippen molar-refractivity contribution in [1.82, 2.24) is 0 Å². The number of hydrogen-bond donors (Lipinski definition) is 0. The predicted octanol–water partition coefficient (Wildman–Crippen LogP) is 8.67. The number of rotatable bonds is 0. The molecule has 0 fully saturated rings. The molecular formula is C26H48O2. The van der Waals surface area contributed by atoms with Gasteiger partial charge in [-0.05, 0) is 27.7 Å². The molecule has 0 N–H and O–H groups in total. The van der Waals surface area contributed by atoms with Gasteiger partial charge in [-0.15, -0.1) is 0 Å². The molecule has 2 nitrogen and oxygen atoms in total. The molecule has 0 bridgehead atoms. The van der Waals surface area contributed by atoms with Gasteiger partial charge in [0.15, 0.2) is 0 Å². The molecule has 0 amide bonds. The van der Waals surface area contributed by atoms with E-state index in [0.717, 1.165) is 0 Å². The molecule has 0 aliphatic carbocycles. The third-order valence-corrected chi connectivity index (χ3v) is 1.33. The molecule has 28 heavy (non-hydrogen) atoms. The third kappa shape index (κ3) is 129. The second-order valence-electron chi connectivity index (χ2n) is 4.13. The van der Waals surface area contributed by atoms with Crippen molar-refractivity contribution in [3.8, 4) is 0 Å². The number of hydrogen-bond acceptors (Lipinski definition) is 2. The van der Waals surface area contributed by atoms with Gasteiger partial charge in [0.05, 0.1) is 0 Å². The van der Waals surface area contributed by atoms with E-state index in [9.17, 15) is 9.59 Å². The molecule has 0 unspecified atom stereocenters. The van der Waals surface area contributed by atoms with Gasteiger partial charge >= 0.3 is 0 Å². The van der Waals surface area contributed by atoms with E-state index in [4.69, 9.17) is 0 Å². The van der Waals surface area contributed by atoms with Crippen molar-refractivity contribution in [2.75, 3.05) is 0 Å². The van der Waals surface area contributed by atoms with Crippen molar-refractivity contribution < 1.29 is 9.59 Å². The van der Waals surface area contributed by atoms with Crippen molar-refractivity contribution in [2.45, 2.75) is 83.1 Å². The molecule has 0 spiro atoms. The summed E-state index contributed by atoms with van der Waals surface area (Å²) in [4.78, 5) is 18.9. The first-order valence-corrected chi connectivity index (χ1v) is 10.4. The lowest BCUT2D eigenvalue weighted by Gasteiger charge is -1.69. The lowest BCUT2D eigenvalue weighted by atomic mass is 10.4. The highest BCUT2D eigenvalue weighted by Gasteiger charge is 1.62. The molecule has 2 aromatic rings. The van der Waals surface area contributed by atoms with Gasteiger partial charge in [0.25, 0.3) is 0 Å². The first-order chi connectivity index (χ1) is 13.5. The molecule has 2 rings (SSSR count). The Labute approximate surface area is 177 Å². The second kappa shape index (κ2) is 56.3.